The number of carbonyl (C=O) groups excluding carboxylic acids is 1. The Morgan fingerprint density at radius 2 is 2.21 bits per heavy atom. The molecule has 1 aliphatic heterocycles. The number of nitrogens with zero attached hydrogens (tertiary/aromatic N) is 2. The monoisotopic (exact) mass is 399 g/mol. The molecule has 132 valence electrons. The molecule has 0 aliphatic carbocycles. The van der Waals surface area contributed by atoms with Crippen LogP contribution in [0, 0.1) is 0 Å². The van der Waals surface area contributed by atoms with E-state index in [0.29, 0.717) is 37.9 Å². The lowest BCUT2D eigenvalue weighted by Crippen LogP contribution is -2.42. The number of nitrogens with one attached hydrogen (secondary N) is 1. The fourth-order valence-electron chi connectivity index (χ4n) is 2.30. The summed E-state index contributed by atoms with van der Waals surface area (Å²) in [5.74, 6) is 1.10. The van der Waals surface area contributed by atoms with E-state index in [1.165, 1.54) is 0 Å². The molecule has 8 heteroatoms. The number of rotatable bonds is 7. The second-order valence-electron chi connectivity index (χ2n) is 5.15. The topological polar surface area (TPSA) is 72.4 Å². The highest BCUT2D eigenvalue weighted by molar-refractivity contribution is 9.10. The molecule has 2 rings (SSSR count). The molecule has 7 nitrogen and oxygen atoms in total. The number of hydrogen-bond donors (Lipinski definition) is 1. The minimum atomic E-state index is -0.147. The second-order valence-corrected chi connectivity index (χ2v) is 6.00. The molecule has 1 aromatic rings. The van der Waals surface area contributed by atoms with Gasteiger partial charge in [0.1, 0.15) is 0 Å². The molecule has 1 amide bonds. The lowest BCUT2D eigenvalue weighted by atomic mass is 10.2. The highest BCUT2D eigenvalue weighted by Crippen LogP contribution is 2.36. The van der Waals surface area contributed by atoms with Gasteiger partial charge in [-0.05, 0) is 40.5 Å². The van der Waals surface area contributed by atoms with Crippen molar-refractivity contribution in [1.29, 1.82) is 0 Å². The molecule has 1 N–H and O–H groups in total. The largest absolute Gasteiger partial charge is 0.492 e. The van der Waals surface area contributed by atoms with Crippen molar-refractivity contribution in [3.05, 3.63) is 22.2 Å². The number of hydrazone groups is 1. The average Bonchev–Trinajstić information content (AvgIpc) is 2.56. The first-order valence-corrected chi connectivity index (χ1v) is 8.55. The fourth-order valence-corrected chi connectivity index (χ4v) is 2.92. The van der Waals surface area contributed by atoms with Crippen LogP contribution in [0.3, 0.4) is 0 Å². The number of hydrogen-bond acceptors (Lipinski definition) is 6. The van der Waals surface area contributed by atoms with Crippen LogP contribution in [-0.2, 0) is 9.53 Å². The van der Waals surface area contributed by atoms with Crippen molar-refractivity contribution in [2.24, 2.45) is 5.10 Å². The molecule has 1 aromatic carbocycles. The third kappa shape index (κ3) is 5.47. The standard InChI is InChI=1S/C16H22BrN3O4/c1-3-24-14-9-12(8-13(17)16(14)22-2)10-18-19-15(21)11-20-4-6-23-7-5-20/h8-10H,3-7,11H2,1-2H3,(H,19,21)/b18-10-. The Bertz CT molecular complexity index is 589. The summed E-state index contributed by atoms with van der Waals surface area (Å²) in [5, 5.41) is 4.01. The maximum atomic E-state index is 11.9. The van der Waals surface area contributed by atoms with Crippen LogP contribution in [0.5, 0.6) is 11.5 Å². The zero-order chi connectivity index (χ0) is 17.4. The normalized spacial score (nSPS) is 15.5. The Kier molecular flexibility index (Phi) is 7.48. The van der Waals surface area contributed by atoms with E-state index < -0.39 is 0 Å². The Hall–Kier alpha value is -1.64. The molecular formula is C16H22BrN3O4. The van der Waals surface area contributed by atoms with Crippen molar-refractivity contribution < 1.29 is 19.0 Å². The summed E-state index contributed by atoms with van der Waals surface area (Å²) in [4.78, 5) is 13.9. The lowest BCUT2D eigenvalue weighted by molar-refractivity contribution is -0.123. The van der Waals surface area contributed by atoms with Crippen molar-refractivity contribution in [2.75, 3.05) is 46.6 Å². The predicted octanol–water partition coefficient (Wildman–Crippen LogP) is 1.64. The summed E-state index contributed by atoms with van der Waals surface area (Å²) in [6.45, 7) is 5.60. The van der Waals surface area contributed by atoms with Gasteiger partial charge in [-0.15, -0.1) is 0 Å². The molecule has 0 bridgehead atoms. The van der Waals surface area contributed by atoms with Crippen LogP contribution in [-0.4, -0.2) is 63.6 Å². The number of methoxy groups -OCH3 is 1. The van der Waals surface area contributed by atoms with E-state index in [2.05, 4.69) is 26.5 Å². The first-order chi connectivity index (χ1) is 11.6. The van der Waals surface area contributed by atoms with Gasteiger partial charge >= 0.3 is 0 Å². The van der Waals surface area contributed by atoms with E-state index in [1.807, 2.05) is 24.0 Å². The third-order valence-electron chi connectivity index (χ3n) is 3.41. The SMILES string of the molecule is CCOc1cc(/C=N\NC(=O)CN2CCOCC2)cc(Br)c1OC. The number of carbonyl (C=O) groups is 1. The summed E-state index contributed by atoms with van der Waals surface area (Å²) in [6.07, 6.45) is 1.57. The van der Waals surface area contributed by atoms with Gasteiger partial charge in [0.15, 0.2) is 11.5 Å². The van der Waals surface area contributed by atoms with Crippen LogP contribution in [0.1, 0.15) is 12.5 Å². The van der Waals surface area contributed by atoms with Crippen LogP contribution >= 0.6 is 15.9 Å². The Morgan fingerprint density at radius 1 is 1.46 bits per heavy atom. The smallest absolute Gasteiger partial charge is 0.254 e. The number of amides is 1. The van der Waals surface area contributed by atoms with Gasteiger partial charge in [0.2, 0.25) is 0 Å². The fraction of sp³-hybridized carbons (Fsp3) is 0.500. The highest BCUT2D eigenvalue weighted by atomic mass is 79.9. The van der Waals surface area contributed by atoms with E-state index >= 15 is 0 Å². The molecule has 1 aliphatic rings. The van der Waals surface area contributed by atoms with Crippen molar-refractivity contribution in [2.45, 2.75) is 6.92 Å². The lowest BCUT2D eigenvalue weighted by Gasteiger charge is -2.25. The zero-order valence-corrected chi connectivity index (χ0v) is 15.5. The van der Waals surface area contributed by atoms with Gasteiger partial charge in [0.25, 0.3) is 5.91 Å². The second kappa shape index (κ2) is 9.61. The average molecular weight is 400 g/mol. The molecule has 0 spiro atoms. The van der Waals surface area contributed by atoms with Crippen LogP contribution in [0.2, 0.25) is 0 Å². The highest BCUT2D eigenvalue weighted by Gasteiger charge is 2.14. The van der Waals surface area contributed by atoms with E-state index in [1.54, 1.807) is 13.3 Å². The summed E-state index contributed by atoms with van der Waals surface area (Å²) in [6, 6.07) is 3.66. The van der Waals surface area contributed by atoms with Gasteiger partial charge in [0, 0.05) is 13.1 Å². The van der Waals surface area contributed by atoms with Gasteiger partial charge in [-0.3, -0.25) is 9.69 Å². The number of morpholine rings is 1. The Balaban J connectivity index is 1.94. The van der Waals surface area contributed by atoms with Crippen LogP contribution < -0.4 is 14.9 Å². The first kappa shape index (κ1) is 18.7. The van der Waals surface area contributed by atoms with Crippen molar-refractivity contribution in [3.63, 3.8) is 0 Å². The van der Waals surface area contributed by atoms with Crippen molar-refractivity contribution in [1.82, 2.24) is 10.3 Å². The maximum absolute atomic E-state index is 11.9. The van der Waals surface area contributed by atoms with Crippen LogP contribution in [0.25, 0.3) is 0 Å². The van der Waals surface area contributed by atoms with Crippen LogP contribution in [0.15, 0.2) is 21.7 Å². The molecule has 1 heterocycles. The minimum absolute atomic E-state index is 0.147. The number of ether oxygens (including phenoxy) is 3. The van der Waals surface area contributed by atoms with Gasteiger partial charge in [-0.25, -0.2) is 5.43 Å². The summed E-state index contributed by atoms with van der Waals surface area (Å²) < 4.78 is 16.9. The third-order valence-corrected chi connectivity index (χ3v) is 4.00. The number of halogens is 1. The quantitative estimate of drug-likeness (QED) is 0.557. The van der Waals surface area contributed by atoms with Crippen molar-refractivity contribution >= 4 is 28.1 Å². The molecule has 1 saturated heterocycles. The summed E-state index contributed by atoms with van der Waals surface area (Å²) in [5.41, 5.74) is 3.33. The van der Waals surface area contributed by atoms with Gasteiger partial charge in [-0.2, -0.15) is 5.10 Å². The van der Waals surface area contributed by atoms with E-state index in [9.17, 15) is 4.79 Å². The molecule has 0 atom stereocenters. The Labute approximate surface area is 150 Å². The van der Waals surface area contributed by atoms with Crippen molar-refractivity contribution in [3.8, 4) is 11.5 Å². The molecule has 24 heavy (non-hydrogen) atoms. The molecule has 0 unspecified atom stereocenters. The molecule has 0 aromatic heterocycles. The molecular weight excluding hydrogens is 378 g/mol. The van der Waals surface area contributed by atoms with Gasteiger partial charge < -0.3 is 14.2 Å². The summed E-state index contributed by atoms with van der Waals surface area (Å²) >= 11 is 3.44. The first-order valence-electron chi connectivity index (χ1n) is 7.76. The predicted molar refractivity (Wildman–Crippen MR) is 94.9 cm³/mol. The van der Waals surface area contributed by atoms with E-state index in [-0.39, 0.29) is 5.91 Å². The minimum Gasteiger partial charge on any atom is -0.492 e. The summed E-state index contributed by atoms with van der Waals surface area (Å²) in [7, 11) is 1.59. The maximum Gasteiger partial charge on any atom is 0.254 e. The molecule has 0 radical (unpaired) electrons. The number of benzene rings is 1. The van der Waals surface area contributed by atoms with Crippen LogP contribution in [0.4, 0.5) is 0 Å². The Morgan fingerprint density at radius 3 is 2.88 bits per heavy atom. The molecule has 0 saturated carbocycles. The zero-order valence-electron chi connectivity index (χ0n) is 13.9. The van der Waals surface area contributed by atoms with Gasteiger partial charge in [0.05, 0.1) is 44.2 Å². The van der Waals surface area contributed by atoms with Gasteiger partial charge in [-0.1, -0.05) is 0 Å². The van der Waals surface area contributed by atoms with E-state index in [4.69, 9.17) is 14.2 Å². The molecule has 1 fully saturated rings. The van der Waals surface area contributed by atoms with E-state index in [0.717, 1.165) is 23.1 Å².